The Morgan fingerprint density at radius 3 is 3.10 bits per heavy atom. The summed E-state index contributed by atoms with van der Waals surface area (Å²) in [4.78, 5) is 11.2. The van der Waals surface area contributed by atoms with Crippen molar-refractivity contribution in [1.29, 1.82) is 0 Å². The molecule has 48 valence electrons. The quantitative estimate of drug-likeness (QED) is 0.488. The third-order valence-electron chi connectivity index (χ3n) is 1.48. The first-order valence-electron chi connectivity index (χ1n) is 4.03. The fourth-order valence-corrected chi connectivity index (χ4v) is 0.988. The van der Waals surface area contributed by atoms with Crippen LogP contribution in [-0.2, 0) is 4.79 Å². The molecule has 2 aliphatic rings. The predicted octanol–water partition coefficient (Wildman–Crippen LogP) is 1.55. The summed E-state index contributed by atoms with van der Waals surface area (Å²) in [6, 6.07) is 0.156. The summed E-state index contributed by atoms with van der Waals surface area (Å²) in [5.41, 5.74) is 1.06. The second-order valence-corrected chi connectivity index (χ2v) is 2.13. The van der Waals surface area contributed by atoms with Gasteiger partial charge in [-0.15, -0.1) is 0 Å². The zero-order chi connectivity index (χ0) is 8.72. The SMILES string of the molecule is [2H]C1=CC2=CC=CC(=O)C2=C1[2H]. The van der Waals surface area contributed by atoms with Crippen LogP contribution in [0.2, 0.25) is 0 Å². The van der Waals surface area contributed by atoms with E-state index in [1.54, 1.807) is 18.2 Å². The van der Waals surface area contributed by atoms with Crippen LogP contribution in [-0.4, -0.2) is 5.78 Å². The smallest absolute Gasteiger partial charge is 0.186 e. The topological polar surface area (TPSA) is 17.1 Å². The van der Waals surface area contributed by atoms with Gasteiger partial charge in [0.05, 0.1) is 2.74 Å². The molecule has 1 nitrogen and oxygen atoms in total. The van der Waals surface area contributed by atoms with Gasteiger partial charge in [0, 0.05) is 5.57 Å². The number of ketones is 1. The Balaban J connectivity index is 2.63. The van der Waals surface area contributed by atoms with Gasteiger partial charge in [-0.3, -0.25) is 4.79 Å². The average molecular weight is 132 g/mol. The number of carbonyl (C=O) groups is 1. The maximum Gasteiger partial charge on any atom is 0.186 e. The molecular weight excluding hydrogens is 124 g/mol. The van der Waals surface area contributed by atoms with Crippen molar-refractivity contribution in [2.45, 2.75) is 0 Å². The van der Waals surface area contributed by atoms with Crippen LogP contribution in [0, 0.1) is 0 Å². The molecule has 0 aromatic carbocycles. The molecule has 1 heteroatoms. The van der Waals surface area contributed by atoms with Crippen LogP contribution in [0.5, 0.6) is 0 Å². The summed E-state index contributed by atoms with van der Waals surface area (Å²) in [6.07, 6.45) is 6.34. The van der Waals surface area contributed by atoms with Crippen molar-refractivity contribution in [2.24, 2.45) is 0 Å². The molecule has 0 saturated heterocycles. The zero-order valence-corrected chi connectivity index (χ0v) is 5.22. The molecule has 0 radical (unpaired) electrons. The third-order valence-corrected chi connectivity index (χ3v) is 1.48. The van der Waals surface area contributed by atoms with Gasteiger partial charge in [0.25, 0.3) is 0 Å². The highest BCUT2D eigenvalue weighted by molar-refractivity contribution is 6.10. The first-order valence-corrected chi connectivity index (χ1v) is 3.03. The summed E-state index contributed by atoms with van der Waals surface area (Å²) in [5.74, 6) is -0.170. The van der Waals surface area contributed by atoms with E-state index in [0.29, 0.717) is 11.1 Å². The molecule has 0 aromatic rings. The Morgan fingerprint density at radius 1 is 1.40 bits per heavy atom. The molecule has 0 aliphatic heterocycles. The van der Waals surface area contributed by atoms with E-state index in [1.807, 2.05) is 0 Å². The van der Waals surface area contributed by atoms with Gasteiger partial charge in [-0.2, -0.15) is 0 Å². The number of carbonyl (C=O) groups excluding carboxylic acids is 1. The molecule has 0 atom stereocenters. The van der Waals surface area contributed by atoms with Crippen LogP contribution in [0.15, 0.2) is 47.6 Å². The van der Waals surface area contributed by atoms with Gasteiger partial charge in [-0.1, -0.05) is 30.3 Å². The van der Waals surface area contributed by atoms with Gasteiger partial charge in [-0.05, 0) is 11.6 Å². The van der Waals surface area contributed by atoms with Gasteiger partial charge >= 0.3 is 0 Å². The highest BCUT2D eigenvalue weighted by atomic mass is 16.1. The van der Waals surface area contributed by atoms with E-state index in [2.05, 4.69) is 0 Å². The molecule has 0 unspecified atom stereocenters. The van der Waals surface area contributed by atoms with Crippen molar-refractivity contribution >= 4 is 5.78 Å². The minimum Gasteiger partial charge on any atom is -0.289 e. The average Bonchev–Trinajstić information content (AvgIpc) is 2.29. The highest BCUT2D eigenvalue weighted by Gasteiger charge is 2.14. The largest absolute Gasteiger partial charge is 0.289 e. The molecule has 10 heavy (non-hydrogen) atoms. The lowest BCUT2D eigenvalue weighted by atomic mass is 10.0. The summed E-state index contributed by atoms with van der Waals surface area (Å²) >= 11 is 0. The van der Waals surface area contributed by atoms with Crippen LogP contribution < -0.4 is 0 Å². The Hall–Kier alpha value is -1.37. The van der Waals surface area contributed by atoms with Crippen molar-refractivity contribution < 1.29 is 7.54 Å². The molecule has 0 N–H and O–H groups in total. The minimum atomic E-state index is -0.170. The number of hydrogen-bond donors (Lipinski definition) is 0. The first-order chi connectivity index (χ1) is 5.70. The lowest BCUT2D eigenvalue weighted by Gasteiger charge is -2.02. The molecule has 2 rings (SSSR count). The third kappa shape index (κ3) is 0.605. The van der Waals surface area contributed by atoms with Crippen LogP contribution in [0.1, 0.15) is 2.74 Å². The van der Waals surface area contributed by atoms with Crippen molar-refractivity contribution in [2.75, 3.05) is 0 Å². The Kier molecular flexibility index (Phi) is 0.671. The van der Waals surface area contributed by atoms with E-state index in [1.165, 1.54) is 6.08 Å². The van der Waals surface area contributed by atoms with E-state index in [4.69, 9.17) is 2.74 Å². The lowest BCUT2D eigenvalue weighted by molar-refractivity contribution is -0.111. The number of rotatable bonds is 0. The molecule has 0 spiro atoms. The maximum atomic E-state index is 11.2. The van der Waals surface area contributed by atoms with Crippen LogP contribution in [0.3, 0.4) is 0 Å². The Labute approximate surface area is 61.9 Å². The molecule has 0 amide bonds. The van der Waals surface area contributed by atoms with Gasteiger partial charge in [-0.25, -0.2) is 0 Å². The van der Waals surface area contributed by atoms with E-state index >= 15 is 0 Å². The summed E-state index contributed by atoms with van der Waals surface area (Å²) < 4.78 is 14.7. The Bertz CT molecular complexity index is 383. The summed E-state index contributed by atoms with van der Waals surface area (Å²) in [7, 11) is 0. The molecule has 0 bridgehead atoms. The maximum absolute atomic E-state index is 11.2. The van der Waals surface area contributed by atoms with Crippen molar-refractivity contribution in [3.05, 3.63) is 47.6 Å². The number of allylic oxidation sites excluding steroid dienone is 8. The van der Waals surface area contributed by atoms with Gasteiger partial charge < -0.3 is 0 Å². The van der Waals surface area contributed by atoms with Gasteiger partial charge in [0.15, 0.2) is 5.78 Å². The summed E-state index contributed by atoms with van der Waals surface area (Å²) in [5, 5.41) is 0. The van der Waals surface area contributed by atoms with E-state index in [9.17, 15) is 4.79 Å². The fourth-order valence-electron chi connectivity index (χ4n) is 0.988. The molecule has 0 aromatic heterocycles. The predicted molar refractivity (Wildman–Crippen MR) is 39.5 cm³/mol. The minimum absolute atomic E-state index is 0.0376. The van der Waals surface area contributed by atoms with Crippen LogP contribution in [0.25, 0.3) is 0 Å². The van der Waals surface area contributed by atoms with Crippen molar-refractivity contribution in [3.8, 4) is 0 Å². The normalized spacial score (nSPS) is 25.4. The first kappa shape index (κ1) is 3.71. The fraction of sp³-hybridized carbons (Fsp3) is 0. The van der Waals surface area contributed by atoms with Gasteiger partial charge in [0.2, 0.25) is 0 Å². The standard InChI is InChI=1S/C9H6O/c10-9-6-2-4-7-3-1-5-8(7)9/h1-6H/i1D,5D. The Morgan fingerprint density at radius 2 is 2.30 bits per heavy atom. The van der Waals surface area contributed by atoms with E-state index < -0.39 is 0 Å². The highest BCUT2D eigenvalue weighted by Crippen LogP contribution is 2.22. The van der Waals surface area contributed by atoms with Crippen molar-refractivity contribution in [3.63, 3.8) is 0 Å². The zero-order valence-electron chi connectivity index (χ0n) is 7.22. The summed E-state index contributed by atoms with van der Waals surface area (Å²) in [6.45, 7) is 0. The second kappa shape index (κ2) is 1.81. The van der Waals surface area contributed by atoms with Gasteiger partial charge in [0.1, 0.15) is 0 Å². The molecular formula is C9H6O. The van der Waals surface area contributed by atoms with Crippen molar-refractivity contribution in [1.82, 2.24) is 0 Å². The van der Waals surface area contributed by atoms with Crippen LogP contribution in [0.4, 0.5) is 0 Å². The van der Waals surface area contributed by atoms with E-state index in [-0.39, 0.29) is 17.9 Å². The molecule has 0 heterocycles. The molecule has 0 fully saturated rings. The second-order valence-electron chi connectivity index (χ2n) is 2.13. The lowest BCUT2D eigenvalue weighted by Crippen LogP contribution is -2.00. The molecule has 0 saturated carbocycles. The number of hydrogen-bond acceptors (Lipinski definition) is 1. The van der Waals surface area contributed by atoms with Crippen LogP contribution >= 0.6 is 0 Å². The monoisotopic (exact) mass is 132 g/mol. The molecule has 2 aliphatic carbocycles. The number of fused-ring (bicyclic) bond motifs is 1. The van der Waals surface area contributed by atoms with E-state index in [0.717, 1.165) is 0 Å².